The molecule has 1 saturated heterocycles. The van der Waals surface area contributed by atoms with E-state index in [1.165, 1.54) is 6.42 Å². The minimum atomic E-state index is -0.0648. The molecule has 94 valence electrons. The van der Waals surface area contributed by atoms with E-state index in [1.807, 2.05) is 18.2 Å². The van der Waals surface area contributed by atoms with Crippen LogP contribution in [0.4, 0.5) is 0 Å². The highest BCUT2D eigenvalue weighted by Gasteiger charge is 2.14. The number of halogens is 1. The maximum Gasteiger partial charge on any atom is 0.158 e. The van der Waals surface area contributed by atoms with E-state index in [2.05, 4.69) is 15.9 Å². The fourth-order valence-electron chi connectivity index (χ4n) is 1.87. The zero-order valence-electron chi connectivity index (χ0n) is 9.69. The van der Waals surface area contributed by atoms with Gasteiger partial charge in [-0.2, -0.15) is 0 Å². The average Bonchev–Trinajstić information content (AvgIpc) is 2.39. The van der Waals surface area contributed by atoms with Crippen molar-refractivity contribution in [2.75, 3.05) is 6.61 Å². The Labute approximate surface area is 110 Å². The normalized spacial score (nSPS) is 20.5. The third kappa shape index (κ3) is 3.78. The second-order valence-electron chi connectivity index (χ2n) is 4.19. The monoisotopic (exact) mass is 300 g/mol. The Hall–Kier alpha value is -0.420. The molecule has 0 spiro atoms. The number of aliphatic hydroxyl groups excluding tert-OH is 1. The molecule has 1 aromatic rings. The summed E-state index contributed by atoms with van der Waals surface area (Å²) in [5.74, 6) is 0. The van der Waals surface area contributed by atoms with Gasteiger partial charge < -0.3 is 14.6 Å². The third-order valence-electron chi connectivity index (χ3n) is 2.85. The minimum Gasteiger partial charge on any atom is -0.392 e. The summed E-state index contributed by atoms with van der Waals surface area (Å²) >= 11 is 3.39. The number of benzene rings is 1. The molecule has 4 heteroatoms. The lowest BCUT2D eigenvalue weighted by Crippen LogP contribution is -2.22. The fraction of sp³-hybridized carbons (Fsp3) is 0.538. The Morgan fingerprint density at radius 2 is 2.29 bits per heavy atom. The first-order valence-electron chi connectivity index (χ1n) is 5.91. The summed E-state index contributed by atoms with van der Waals surface area (Å²) in [5.41, 5.74) is 1.95. The van der Waals surface area contributed by atoms with Crippen molar-refractivity contribution in [3.8, 4) is 0 Å². The average molecular weight is 301 g/mol. The summed E-state index contributed by atoms with van der Waals surface area (Å²) < 4.78 is 12.1. The quantitative estimate of drug-likeness (QED) is 0.929. The molecule has 3 nitrogen and oxygen atoms in total. The Bertz CT molecular complexity index is 362. The molecular weight excluding hydrogens is 284 g/mol. The molecular formula is C13H17BrO3. The number of ether oxygens (including phenoxy) is 2. The zero-order valence-corrected chi connectivity index (χ0v) is 11.3. The Kier molecular flexibility index (Phi) is 4.98. The SMILES string of the molecule is OCc1cc(COC2CCCCO2)ccc1Br. The summed E-state index contributed by atoms with van der Waals surface area (Å²) in [6.07, 6.45) is 3.22. The highest BCUT2D eigenvalue weighted by molar-refractivity contribution is 9.10. The van der Waals surface area contributed by atoms with Gasteiger partial charge >= 0.3 is 0 Å². The van der Waals surface area contributed by atoms with Crippen molar-refractivity contribution >= 4 is 15.9 Å². The van der Waals surface area contributed by atoms with E-state index in [1.54, 1.807) is 0 Å². The second kappa shape index (κ2) is 6.50. The third-order valence-corrected chi connectivity index (χ3v) is 3.63. The van der Waals surface area contributed by atoms with E-state index in [0.29, 0.717) is 6.61 Å². The van der Waals surface area contributed by atoms with E-state index in [9.17, 15) is 0 Å². The molecule has 1 aliphatic heterocycles. The van der Waals surface area contributed by atoms with Crippen LogP contribution in [0.1, 0.15) is 30.4 Å². The van der Waals surface area contributed by atoms with E-state index in [4.69, 9.17) is 14.6 Å². The van der Waals surface area contributed by atoms with Gasteiger partial charge in [-0.05, 0) is 36.5 Å². The standard InChI is InChI=1S/C13H17BrO3/c14-12-5-4-10(7-11(12)8-15)9-17-13-3-1-2-6-16-13/h4-5,7,13,15H,1-3,6,8-9H2. The van der Waals surface area contributed by atoms with Gasteiger partial charge in [0, 0.05) is 11.1 Å². The molecule has 0 amide bonds. The first-order valence-corrected chi connectivity index (χ1v) is 6.70. The van der Waals surface area contributed by atoms with Crippen LogP contribution in [0.25, 0.3) is 0 Å². The van der Waals surface area contributed by atoms with E-state index < -0.39 is 0 Å². The summed E-state index contributed by atoms with van der Waals surface area (Å²) in [6.45, 7) is 1.37. The largest absolute Gasteiger partial charge is 0.392 e. The summed E-state index contributed by atoms with van der Waals surface area (Å²) in [7, 11) is 0. The predicted octanol–water partition coefficient (Wildman–Crippen LogP) is 2.98. The maximum absolute atomic E-state index is 9.16. The fourth-order valence-corrected chi connectivity index (χ4v) is 2.24. The van der Waals surface area contributed by atoms with Crippen LogP contribution < -0.4 is 0 Å². The number of hydrogen-bond acceptors (Lipinski definition) is 3. The van der Waals surface area contributed by atoms with E-state index in [-0.39, 0.29) is 12.9 Å². The van der Waals surface area contributed by atoms with Gasteiger partial charge in [-0.1, -0.05) is 28.1 Å². The van der Waals surface area contributed by atoms with Gasteiger partial charge in [0.05, 0.1) is 13.2 Å². The molecule has 0 aliphatic carbocycles. The Morgan fingerprint density at radius 3 is 3.00 bits per heavy atom. The molecule has 1 aliphatic rings. The van der Waals surface area contributed by atoms with Crippen molar-refractivity contribution < 1.29 is 14.6 Å². The molecule has 1 N–H and O–H groups in total. The smallest absolute Gasteiger partial charge is 0.158 e. The van der Waals surface area contributed by atoms with Gasteiger partial charge in [0.1, 0.15) is 0 Å². The summed E-state index contributed by atoms with van der Waals surface area (Å²) in [4.78, 5) is 0. The van der Waals surface area contributed by atoms with Gasteiger partial charge in [-0.25, -0.2) is 0 Å². The topological polar surface area (TPSA) is 38.7 Å². The molecule has 0 saturated carbocycles. The first kappa shape index (κ1) is 13.0. The van der Waals surface area contributed by atoms with Crippen molar-refractivity contribution in [3.63, 3.8) is 0 Å². The number of hydrogen-bond donors (Lipinski definition) is 1. The summed E-state index contributed by atoms with van der Waals surface area (Å²) in [5, 5.41) is 9.16. The molecule has 0 radical (unpaired) electrons. The van der Waals surface area contributed by atoms with Crippen LogP contribution in [0.5, 0.6) is 0 Å². The van der Waals surface area contributed by atoms with Crippen molar-refractivity contribution in [1.82, 2.24) is 0 Å². The van der Waals surface area contributed by atoms with Crippen molar-refractivity contribution in [2.45, 2.75) is 38.8 Å². The lowest BCUT2D eigenvalue weighted by molar-refractivity contribution is -0.168. The number of rotatable bonds is 4. The molecule has 1 aromatic carbocycles. The molecule has 17 heavy (non-hydrogen) atoms. The van der Waals surface area contributed by atoms with E-state index in [0.717, 1.165) is 35.0 Å². The molecule has 0 aromatic heterocycles. The van der Waals surface area contributed by atoms with Crippen molar-refractivity contribution in [3.05, 3.63) is 33.8 Å². The minimum absolute atomic E-state index is 0.0361. The molecule has 1 atom stereocenters. The lowest BCUT2D eigenvalue weighted by Gasteiger charge is -2.22. The van der Waals surface area contributed by atoms with Crippen LogP contribution in [-0.4, -0.2) is 18.0 Å². The molecule has 0 bridgehead atoms. The number of aliphatic hydroxyl groups is 1. The van der Waals surface area contributed by atoms with Gasteiger partial charge in [0.15, 0.2) is 6.29 Å². The van der Waals surface area contributed by atoms with Crippen LogP contribution in [0, 0.1) is 0 Å². The Morgan fingerprint density at radius 1 is 1.41 bits per heavy atom. The highest BCUT2D eigenvalue weighted by atomic mass is 79.9. The molecule has 1 fully saturated rings. The maximum atomic E-state index is 9.16. The lowest BCUT2D eigenvalue weighted by atomic mass is 10.1. The predicted molar refractivity (Wildman–Crippen MR) is 68.4 cm³/mol. The van der Waals surface area contributed by atoms with Crippen LogP contribution in [0.15, 0.2) is 22.7 Å². The first-order chi connectivity index (χ1) is 8.29. The Balaban J connectivity index is 1.89. The van der Waals surface area contributed by atoms with Crippen LogP contribution in [0.2, 0.25) is 0 Å². The van der Waals surface area contributed by atoms with Crippen LogP contribution >= 0.6 is 15.9 Å². The van der Waals surface area contributed by atoms with Gasteiger partial charge in [-0.3, -0.25) is 0 Å². The van der Waals surface area contributed by atoms with E-state index >= 15 is 0 Å². The molecule has 1 unspecified atom stereocenters. The zero-order chi connectivity index (χ0) is 12.1. The van der Waals surface area contributed by atoms with Gasteiger partial charge in [0.2, 0.25) is 0 Å². The van der Waals surface area contributed by atoms with Crippen molar-refractivity contribution in [1.29, 1.82) is 0 Å². The van der Waals surface area contributed by atoms with Crippen LogP contribution in [-0.2, 0) is 22.7 Å². The molecule has 2 rings (SSSR count). The molecule has 1 heterocycles. The summed E-state index contributed by atoms with van der Waals surface area (Å²) in [6, 6.07) is 5.88. The van der Waals surface area contributed by atoms with Gasteiger partial charge in [0.25, 0.3) is 0 Å². The van der Waals surface area contributed by atoms with Gasteiger partial charge in [-0.15, -0.1) is 0 Å². The second-order valence-corrected chi connectivity index (χ2v) is 5.05. The highest BCUT2D eigenvalue weighted by Crippen LogP contribution is 2.20. The van der Waals surface area contributed by atoms with Crippen molar-refractivity contribution in [2.24, 2.45) is 0 Å². The van der Waals surface area contributed by atoms with Crippen LogP contribution in [0.3, 0.4) is 0 Å².